The summed E-state index contributed by atoms with van der Waals surface area (Å²) in [7, 11) is 0. The van der Waals surface area contributed by atoms with Crippen LogP contribution in [0.5, 0.6) is 0 Å². The molecule has 1 heterocycles. The Hall–Kier alpha value is -1.10. The summed E-state index contributed by atoms with van der Waals surface area (Å²) in [4.78, 5) is 23.7. The number of hydrogen-bond acceptors (Lipinski definition) is 3. The topological polar surface area (TPSA) is 70.2 Å². The van der Waals surface area contributed by atoms with Crippen LogP contribution in [0.4, 0.5) is 0 Å². The van der Waals surface area contributed by atoms with E-state index in [1.807, 2.05) is 20.8 Å². The van der Waals surface area contributed by atoms with Crippen LogP contribution < -0.4 is 16.0 Å². The average molecular weight is 255 g/mol. The zero-order valence-electron chi connectivity index (χ0n) is 11.8. The molecule has 0 aromatic heterocycles. The predicted molar refractivity (Wildman–Crippen MR) is 71.1 cm³/mol. The molecule has 2 amide bonds. The standard InChI is InChI=1S/C13H25N3O2/c1-9(11(17)16-13(2,3)4)15-10-7-5-6-8-14-12(10)18/h9-10,15H,5-8H2,1-4H3,(H,14,18)(H,16,17). The third-order valence-corrected chi connectivity index (χ3v) is 2.88. The molecule has 2 atom stereocenters. The highest BCUT2D eigenvalue weighted by Crippen LogP contribution is 2.07. The van der Waals surface area contributed by atoms with Crippen LogP contribution in [0.25, 0.3) is 0 Å². The van der Waals surface area contributed by atoms with E-state index in [1.165, 1.54) is 0 Å². The quantitative estimate of drug-likeness (QED) is 0.689. The molecule has 1 fully saturated rings. The van der Waals surface area contributed by atoms with Gasteiger partial charge in [0.05, 0.1) is 12.1 Å². The molecule has 5 nitrogen and oxygen atoms in total. The van der Waals surface area contributed by atoms with Crippen molar-refractivity contribution >= 4 is 11.8 Å². The molecule has 1 aliphatic heterocycles. The minimum atomic E-state index is -0.363. The molecule has 0 aromatic carbocycles. The number of carbonyl (C=O) groups excluding carboxylic acids is 2. The van der Waals surface area contributed by atoms with Gasteiger partial charge in [-0.05, 0) is 47.0 Å². The van der Waals surface area contributed by atoms with Crippen molar-refractivity contribution in [1.82, 2.24) is 16.0 Å². The molecular formula is C13H25N3O2. The zero-order chi connectivity index (χ0) is 13.8. The van der Waals surface area contributed by atoms with Crippen molar-refractivity contribution in [2.45, 2.75) is 64.6 Å². The third-order valence-electron chi connectivity index (χ3n) is 2.88. The molecule has 0 saturated carbocycles. The fraction of sp³-hybridized carbons (Fsp3) is 0.846. The van der Waals surface area contributed by atoms with E-state index >= 15 is 0 Å². The highest BCUT2D eigenvalue weighted by molar-refractivity contribution is 5.85. The van der Waals surface area contributed by atoms with E-state index in [0.29, 0.717) is 0 Å². The molecule has 1 aliphatic rings. The number of carbonyl (C=O) groups is 2. The lowest BCUT2D eigenvalue weighted by molar-refractivity contribution is -0.126. The lowest BCUT2D eigenvalue weighted by Crippen LogP contribution is -2.54. The van der Waals surface area contributed by atoms with Crippen LogP contribution in [0, 0.1) is 0 Å². The summed E-state index contributed by atoms with van der Waals surface area (Å²) in [6.07, 6.45) is 2.80. The first-order chi connectivity index (χ1) is 8.29. The molecule has 5 heteroatoms. The minimum Gasteiger partial charge on any atom is -0.355 e. The van der Waals surface area contributed by atoms with E-state index < -0.39 is 0 Å². The van der Waals surface area contributed by atoms with Crippen LogP contribution in [0.2, 0.25) is 0 Å². The van der Waals surface area contributed by atoms with Gasteiger partial charge >= 0.3 is 0 Å². The van der Waals surface area contributed by atoms with Crippen LogP contribution >= 0.6 is 0 Å². The van der Waals surface area contributed by atoms with E-state index in [9.17, 15) is 9.59 Å². The Morgan fingerprint density at radius 1 is 1.39 bits per heavy atom. The Kier molecular flexibility index (Phi) is 5.14. The maximum atomic E-state index is 11.9. The Labute approximate surface area is 109 Å². The number of hydrogen-bond donors (Lipinski definition) is 3. The van der Waals surface area contributed by atoms with Gasteiger partial charge in [-0.3, -0.25) is 14.9 Å². The number of nitrogens with one attached hydrogen (secondary N) is 3. The molecule has 0 aromatic rings. The molecule has 0 spiro atoms. The van der Waals surface area contributed by atoms with E-state index in [2.05, 4.69) is 16.0 Å². The summed E-state index contributed by atoms with van der Waals surface area (Å²) < 4.78 is 0. The van der Waals surface area contributed by atoms with Crippen molar-refractivity contribution in [3.05, 3.63) is 0 Å². The summed E-state index contributed by atoms with van der Waals surface area (Å²) in [5.41, 5.74) is -0.251. The highest BCUT2D eigenvalue weighted by atomic mass is 16.2. The molecule has 1 rings (SSSR count). The van der Waals surface area contributed by atoms with Crippen LogP contribution in [0.15, 0.2) is 0 Å². The van der Waals surface area contributed by atoms with E-state index in [-0.39, 0.29) is 29.4 Å². The first-order valence-corrected chi connectivity index (χ1v) is 6.65. The van der Waals surface area contributed by atoms with Crippen molar-refractivity contribution in [3.63, 3.8) is 0 Å². The van der Waals surface area contributed by atoms with Gasteiger partial charge in [0, 0.05) is 12.1 Å². The van der Waals surface area contributed by atoms with Crippen molar-refractivity contribution in [2.75, 3.05) is 6.54 Å². The summed E-state index contributed by atoms with van der Waals surface area (Å²) in [6.45, 7) is 8.35. The molecule has 2 unspecified atom stereocenters. The van der Waals surface area contributed by atoms with Gasteiger partial charge in [0.25, 0.3) is 0 Å². The van der Waals surface area contributed by atoms with Crippen molar-refractivity contribution < 1.29 is 9.59 Å². The summed E-state index contributed by atoms with van der Waals surface area (Å²) in [5.74, 6) is -0.0672. The average Bonchev–Trinajstić information content (AvgIpc) is 2.42. The second-order valence-corrected chi connectivity index (χ2v) is 5.97. The monoisotopic (exact) mass is 255 g/mol. The molecule has 0 radical (unpaired) electrons. The van der Waals surface area contributed by atoms with Gasteiger partial charge in [-0.1, -0.05) is 0 Å². The molecule has 3 N–H and O–H groups in total. The van der Waals surface area contributed by atoms with Gasteiger partial charge < -0.3 is 10.6 Å². The zero-order valence-corrected chi connectivity index (χ0v) is 11.8. The van der Waals surface area contributed by atoms with Crippen molar-refractivity contribution in [2.24, 2.45) is 0 Å². The second-order valence-electron chi connectivity index (χ2n) is 5.97. The maximum Gasteiger partial charge on any atom is 0.237 e. The Balaban J connectivity index is 2.49. The molecule has 104 valence electrons. The third kappa shape index (κ3) is 5.04. The molecule has 18 heavy (non-hydrogen) atoms. The Morgan fingerprint density at radius 3 is 2.67 bits per heavy atom. The Morgan fingerprint density at radius 2 is 2.06 bits per heavy atom. The molecular weight excluding hydrogens is 230 g/mol. The van der Waals surface area contributed by atoms with E-state index in [1.54, 1.807) is 6.92 Å². The van der Waals surface area contributed by atoms with E-state index in [0.717, 1.165) is 25.8 Å². The lowest BCUT2D eigenvalue weighted by atomic mass is 10.1. The van der Waals surface area contributed by atoms with Gasteiger partial charge in [-0.2, -0.15) is 0 Å². The number of rotatable bonds is 3. The smallest absolute Gasteiger partial charge is 0.237 e. The van der Waals surface area contributed by atoms with Gasteiger partial charge in [0.2, 0.25) is 11.8 Å². The fourth-order valence-electron chi connectivity index (χ4n) is 1.95. The predicted octanol–water partition coefficient (Wildman–Crippen LogP) is 0.548. The SMILES string of the molecule is CC(NC1CCCCNC1=O)C(=O)NC(C)(C)C. The van der Waals surface area contributed by atoms with Gasteiger partial charge in [0.1, 0.15) is 0 Å². The molecule has 0 aliphatic carbocycles. The number of amides is 2. The molecule has 1 saturated heterocycles. The summed E-state index contributed by atoms with van der Waals surface area (Å²) >= 11 is 0. The van der Waals surface area contributed by atoms with Crippen molar-refractivity contribution in [1.29, 1.82) is 0 Å². The van der Waals surface area contributed by atoms with Crippen LogP contribution in [-0.4, -0.2) is 36.0 Å². The van der Waals surface area contributed by atoms with Gasteiger partial charge in [-0.15, -0.1) is 0 Å². The normalized spacial score (nSPS) is 22.9. The first kappa shape index (κ1) is 15.0. The maximum absolute atomic E-state index is 11.9. The van der Waals surface area contributed by atoms with Crippen molar-refractivity contribution in [3.8, 4) is 0 Å². The van der Waals surface area contributed by atoms with Crippen LogP contribution in [0.1, 0.15) is 47.0 Å². The fourth-order valence-corrected chi connectivity index (χ4v) is 1.95. The summed E-state index contributed by atoms with van der Waals surface area (Å²) in [6, 6.07) is -0.619. The Bertz CT molecular complexity index is 310. The van der Waals surface area contributed by atoms with E-state index in [4.69, 9.17) is 0 Å². The first-order valence-electron chi connectivity index (χ1n) is 6.65. The highest BCUT2D eigenvalue weighted by Gasteiger charge is 2.26. The van der Waals surface area contributed by atoms with Crippen LogP contribution in [-0.2, 0) is 9.59 Å². The second kappa shape index (κ2) is 6.18. The summed E-state index contributed by atoms with van der Waals surface area (Å²) in [5, 5.41) is 8.87. The lowest BCUT2D eigenvalue weighted by Gasteiger charge is -2.25. The minimum absolute atomic E-state index is 0.00269. The molecule has 0 bridgehead atoms. The van der Waals surface area contributed by atoms with Gasteiger partial charge in [0.15, 0.2) is 0 Å². The largest absolute Gasteiger partial charge is 0.355 e. The van der Waals surface area contributed by atoms with Gasteiger partial charge in [-0.25, -0.2) is 0 Å². The van der Waals surface area contributed by atoms with Crippen LogP contribution in [0.3, 0.4) is 0 Å².